The van der Waals surface area contributed by atoms with Gasteiger partial charge in [0.1, 0.15) is 18.3 Å². The molecule has 7 heteroatoms. The van der Waals surface area contributed by atoms with Crippen LogP contribution in [0.3, 0.4) is 0 Å². The van der Waals surface area contributed by atoms with E-state index in [4.69, 9.17) is 28.5 Å². The van der Waals surface area contributed by atoms with Crippen molar-refractivity contribution < 1.29 is 28.5 Å². The van der Waals surface area contributed by atoms with E-state index >= 15 is 0 Å². The average molecular weight is 287 g/mol. The summed E-state index contributed by atoms with van der Waals surface area (Å²) in [7, 11) is 1.63. The summed E-state index contributed by atoms with van der Waals surface area (Å²) >= 11 is 0. The van der Waals surface area contributed by atoms with Crippen molar-refractivity contribution in [1.29, 1.82) is 0 Å². The minimum Gasteiger partial charge on any atom is -0.375 e. The van der Waals surface area contributed by atoms with Crippen molar-refractivity contribution in [3.8, 4) is 0 Å². The molecule has 0 aromatic heterocycles. The van der Waals surface area contributed by atoms with Crippen LogP contribution in [-0.4, -0.2) is 56.1 Å². The van der Waals surface area contributed by atoms with Crippen molar-refractivity contribution in [2.75, 3.05) is 13.7 Å². The first-order chi connectivity index (χ1) is 9.54. The molecule has 2 saturated heterocycles. The predicted molar refractivity (Wildman–Crippen MR) is 68.0 cm³/mol. The fourth-order valence-electron chi connectivity index (χ4n) is 2.82. The minimum absolute atomic E-state index is 0.256. The third kappa shape index (κ3) is 2.44. The summed E-state index contributed by atoms with van der Waals surface area (Å²) in [4.78, 5) is 5.22. The molecule has 3 rings (SSSR count). The fourth-order valence-corrected chi connectivity index (χ4v) is 2.82. The predicted octanol–water partition coefficient (Wildman–Crippen LogP) is 1.02. The molecule has 114 valence electrons. The second kappa shape index (κ2) is 5.23. The van der Waals surface area contributed by atoms with Crippen molar-refractivity contribution in [2.24, 2.45) is 5.16 Å². The molecule has 3 heterocycles. The minimum atomic E-state index is -0.654. The van der Waals surface area contributed by atoms with Gasteiger partial charge in [-0.15, -0.1) is 0 Å². The summed E-state index contributed by atoms with van der Waals surface area (Å²) in [6.45, 7) is 6.22. The quantitative estimate of drug-likeness (QED) is 0.769. The van der Waals surface area contributed by atoms with Gasteiger partial charge in [0.2, 0.25) is 6.29 Å². The largest absolute Gasteiger partial charge is 0.375 e. The van der Waals surface area contributed by atoms with Crippen LogP contribution in [-0.2, 0) is 28.5 Å². The van der Waals surface area contributed by atoms with Crippen LogP contribution in [0.25, 0.3) is 0 Å². The molecular weight excluding hydrogens is 266 g/mol. The molecule has 0 N–H and O–H groups in total. The molecule has 20 heavy (non-hydrogen) atoms. The number of rotatable bonds is 4. The van der Waals surface area contributed by atoms with Crippen LogP contribution in [0.5, 0.6) is 0 Å². The second-order valence-corrected chi connectivity index (χ2v) is 5.50. The zero-order valence-electron chi connectivity index (χ0n) is 12.2. The number of oxime groups is 1. The second-order valence-electron chi connectivity index (χ2n) is 5.50. The van der Waals surface area contributed by atoms with Gasteiger partial charge in [0.15, 0.2) is 12.1 Å². The first-order valence-corrected chi connectivity index (χ1v) is 6.92. The number of nitrogens with zero attached hydrogens (tertiary/aromatic N) is 1. The molecule has 0 bridgehead atoms. The lowest BCUT2D eigenvalue weighted by Crippen LogP contribution is -2.40. The van der Waals surface area contributed by atoms with Crippen molar-refractivity contribution in [2.45, 2.75) is 63.9 Å². The SMILES string of the molecule is CCOC1CC([C@H]2O[C@@H]3OC(C)(C)O[C@@H]3[C@H]2OC)=NO1. The van der Waals surface area contributed by atoms with Gasteiger partial charge in [-0.25, -0.2) is 0 Å². The van der Waals surface area contributed by atoms with E-state index in [0.717, 1.165) is 5.71 Å². The van der Waals surface area contributed by atoms with Gasteiger partial charge in [-0.2, -0.15) is 0 Å². The molecule has 1 unspecified atom stereocenters. The van der Waals surface area contributed by atoms with Crippen molar-refractivity contribution in [1.82, 2.24) is 0 Å². The normalized spacial score (nSPS) is 42.4. The monoisotopic (exact) mass is 287 g/mol. The van der Waals surface area contributed by atoms with Crippen molar-refractivity contribution >= 4 is 5.71 Å². The Morgan fingerprint density at radius 3 is 2.85 bits per heavy atom. The average Bonchev–Trinajstić information content (AvgIpc) is 3.01. The number of hydrogen-bond acceptors (Lipinski definition) is 7. The van der Waals surface area contributed by atoms with Crippen LogP contribution in [0, 0.1) is 0 Å². The van der Waals surface area contributed by atoms with Crippen LogP contribution < -0.4 is 0 Å². The van der Waals surface area contributed by atoms with E-state index in [-0.39, 0.29) is 24.6 Å². The van der Waals surface area contributed by atoms with Gasteiger partial charge < -0.3 is 28.5 Å². The van der Waals surface area contributed by atoms with E-state index in [2.05, 4.69) is 5.16 Å². The Balaban J connectivity index is 1.68. The van der Waals surface area contributed by atoms with Gasteiger partial charge in [0.25, 0.3) is 0 Å². The molecule has 2 fully saturated rings. The summed E-state index contributed by atoms with van der Waals surface area (Å²) in [6, 6.07) is 0. The van der Waals surface area contributed by atoms with Gasteiger partial charge >= 0.3 is 0 Å². The van der Waals surface area contributed by atoms with Gasteiger partial charge in [-0.1, -0.05) is 5.16 Å². The summed E-state index contributed by atoms with van der Waals surface area (Å²) in [5.74, 6) is -0.654. The van der Waals surface area contributed by atoms with Crippen LogP contribution in [0.2, 0.25) is 0 Å². The fraction of sp³-hybridized carbons (Fsp3) is 0.923. The molecule has 0 aromatic carbocycles. The molecule has 7 nitrogen and oxygen atoms in total. The van der Waals surface area contributed by atoms with Crippen LogP contribution >= 0.6 is 0 Å². The van der Waals surface area contributed by atoms with Gasteiger partial charge in [0, 0.05) is 13.7 Å². The smallest absolute Gasteiger partial charge is 0.232 e. The first-order valence-electron chi connectivity index (χ1n) is 6.92. The van der Waals surface area contributed by atoms with E-state index in [1.807, 2.05) is 20.8 Å². The number of methoxy groups -OCH3 is 1. The van der Waals surface area contributed by atoms with Crippen LogP contribution in [0.15, 0.2) is 5.16 Å². The zero-order chi connectivity index (χ0) is 14.3. The molecule has 0 amide bonds. The maximum atomic E-state index is 5.90. The first kappa shape index (κ1) is 14.2. The molecule has 3 aliphatic rings. The van der Waals surface area contributed by atoms with E-state index in [0.29, 0.717) is 13.0 Å². The Morgan fingerprint density at radius 2 is 2.15 bits per heavy atom. The molecule has 0 saturated carbocycles. The lowest BCUT2D eigenvalue weighted by Gasteiger charge is -2.24. The van der Waals surface area contributed by atoms with E-state index in [1.165, 1.54) is 0 Å². The summed E-state index contributed by atoms with van der Waals surface area (Å²) in [5, 5.41) is 4.06. The Labute approximate surface area is 118 Å². The Kier molecular flexibility index (Phi) is 3.72. The lowest BCUT2D eigenvalue weighted by molar-refractivity contribution is -0.208. The van der Waals surface area contributed by atoms with Crippen LogP contribution in [0.1, 0.15) is 27.2 Å². The van der Waals surface area contributed by atoms with Gasteiger partial charge in [-0.05, 0) is 20.8 Å². The zero-order valence-corrected chi connectivity index (χ0v) is 12.2. The van der Waals surface area contributed by atoms with E-state index < -0.39 is 12.1 Å². The molecule has 0 spiro atoms. The lowest BCUT2D eigenvalue weighted by atomic mass is 10.0. The molecule has 5 atom stereocenters. The highest BCUT2D eigenvalue weighted by Crippen LogP contribution is 2.39. The van der Waals surface area contributed by atoms with Crippen molar-refractivity contribution in [3.05, 3.63) is 0 Å². The van der Waals surface area contributed by atoms with Gasteiger partial charge in [-0.3, -0.25) is 0 Å². The van der Waals surface area contributed by atoms with E-state index in [1.54, 1.807) is 7.11 Å². The van der Waals surface area contributed by atoms with Crippen molar-refractivity contribution in [3.63, 3.8) is 0 Å². The number of fused-ring (bicyclic) bond motifs is 1. The third-order valence-corrected chi connectivity index (χ3v) is 3.61. The standard InChI is InChI=1S/C13H21NO6/c1-5-16-8-6-7(14-20-8)9-10(15-4)11-12(17-9)19-13(2,3)18-11/h8-12H,5-6H2,1-4H3/t8?,9-,10+,11-,12-/m1/s1. The molecule has 0 aliphatic carbocycles. The summed E-state index contributed by atoms with van der Waals surface area (Å²) < 4.78 is 28.4. The highest BCUT2D eigenvalue weighted by atomic mass is 16.8. The Hall–Kier alpha value is -0.730. The Bertz CT molecular complexity index is 398. The third-order valence-electron chi connectivity index (χ3n) is 3.61. The topological polar surface area (TPSA) is 67.7 Å². The highest BCUT2D eigenvalue weighted by Gasteiger charge is 2.57. The molecule has 0 radical (unpaired) electrons. The molecule has 0 aromatic rings. The maximum absolute atomic E-state index is 5.90. The summed E-state index contributed by atoms with van der Waals surface area (Å²) in [5.41, 5.74) is 0.773. The molecular formula is C13H21NO6. The van der Waals surface area contributed by atoms with E-state index in [9.17, 15) is 0 Å². The summed E-state index contributed by atoms with van der Waals surface area (Å²) in [6.07, 6.45) is -1.04. The highest BCUT2D eigenvalue weighted by molar-refractivity contribution is 5.90. The maximum Gasteiger partial charge on any atom is 0.232 e. The Morgan fingerprint density at radius 1 is 1.35 bits per heavy atom. The van der Waals surface area contributed by atoms with Crippen LogP contribution in [0.4, 0.5) is 0 Å². The van der Waals surface area contributed by atoms with Gasteiger partial charge in [0.05, 0.1) is 12.1 Å². The molecule has 3 aliphatic heterocycles. The number of hydrogen-bond donors (Lipinski definition) is 0. The number of ether oxygens (including phenoxy) is 5.